The molecule has 94 valence electrons. The standard InChI is InChI=1S/C12H15BrClNO2/c1-2-3-9(16)7-15-12(17)8-4-5-10(13)11(14)6-8/h4-6,9,16H,2-3,7H2,1H3,(H,15,17). The lowest BCUT2D eigenvalue weighted by molar-refractivity contribution is 0.0910. The molecule has 0 bridgehead atoms. The zero-order valence-corrected chi connectivity index (χ0v) is 11.9. The molecule has 1 rings (SSSR count). The van der Waals surface area contributed by atoms with E-state index in [0.717, 1.165) is 10.9 Å². The number of hydrogen-bond donors (Lipinski definition) is 2. The normalized spacial score (nSPS) is 12.2. The van der Waals surface area contributed by atoms with Crippen LogP contribution in [0.1, 0.15) is 30.1 Å². The minimum atomic E-state index is -0.491. The molecule has 5 heteroatoms. The quantitative estimate of drug-likeness (QED) is 0.876. The van der Waals surface area contributed by atoms with Gasteiger partial charge < -0.3 is 10.4 Å². The van der Waals surface area contributed by atoms with Crippen molar-refractivity contribution in [2.75, 3.05) is 6.54 Å². The zero-order chi connectivity index (χ0) is 12.8. The molecule has 0 heterocycles. The van der Waals surface area contributed by atoms with E-state index >= 15 is 0 Å². The van der Waals surface area contributed by atoms with Gasteiger partial charge in [-0.1, -0.05) is 24.9 Å². The van der Waals surface area contributed by atoms with Crippen molar-refractivity contribution in [1.82, 2.24) is 5.32 Å². The number of carbonyl (C=O) groups excluding carboxylic acids is 1. The first-order valence-electron chi connectivity index (χ1n) is 5.46. The van der Waals surface area contributed by atoms with Crippen molar-refractivity contribution < 1.29 is 9.90 Å². The maximum atomic E-state index is 11.7. The Morgan fingerprint density at radius 3 is 2.88 bits per heavy atom. The number of aliphatic hydroxyl groups is 1. The lowest BCUT2D eigenvalue weighted by Gasteiger charge is -2.11. The van der Waals surface area contributed by atoms with Gasteiger partial charge in [-0.2, -0.15) is 0 Å². The van der Waals surface area contributed by atoms with Gasteiger partial charge in [0.25, 0.3) is 5.91 Å². The third-order valence-corrected chi connectivity index (χ3v) is 3.53. The van der Waals surface area contributed by atoms with Crippen LogP contribution in [0.15, 0.2) is 22.7 Å². The number of carbonyl (C=O) groups is 1. The maximum absolute atomic E-state index is 11.7. The average molecular weight is 321 g/mol. The molecule has 0 aromatic heterocycles. The third kappa shape index (κ3) is 4.66. The Kier molecular flexibility index (Phi) is 5.95. The lowest BCUT2D eigenvalue weighted by atomic mass is 10.2. The van der Waals surface area contributed by atoms with Crippen LogP contribution < -0.4 is 5.32 Å². The molecule has 0 saturated heterocycles. The van der Waals surface area contributed by atoms with E-state index in [1.165, 1.54) is 0 Å². The summed E-state index contributed by atoms with van der Waals surface area (Å²) < 4.78 is 0.752. The monoisotopic (exact) mass is 319 g/mol. The fraction of sp³-hybridized carbons (Fsp3) is 0.417. The molecule has 0 saturated carbocycles. The number of rotatable bonds is 5. The molecule has 1 aromatic carbocycles. The smallest absolute Gasteiger partial charge is 0.251 e. The minimum Gasteiger partial charge on any atom is -0.391 e. The van der Waals surface area contributed by atoms with Gasteiger partial charge in [0.05, 0.1) is 11.1 Å². The van der Waals surface area contributed by atoms with Gasteiger partial charge in [-0.3, -0.25) is 4.79 Å². The summed E-state index contributed by atoms with van der Waals surface area (Å²) in [7, 11) is 0. The number of aliphatic hydroxyl groups excluding tert-OH is 1. The molecule has 0 aliphatic rings. The van der Waals surface area contributed by atoms with Gasteiger partial charge >= 0.3 is 0 Å². The van der Waals surface area contributed by atoms with Crippen LogP contribution in [0.2, 0.25) is 5.02 Å². The van der Waals surface area contributed by atoms with E-state index in [2.05, 4.69) is 21.2 Å². The predicted octanol–water partition coefficient (Wildman–Crippen LogP) is 2.99. The molecule has 0 fully saturated rings. The molecule has 1 amide bonds. The SMILES string of the molecule is CCCC(O)CNC(=O)c1ccc(Br)c(Cl)c1. The van der Waals surface area contributed by atoms with E-state index in [-0.39, 0.29) is 12.5 Å². The van der Waals surface area contributed by atoms with Crippen LogP contribution in [-0.4, -0.2) is 23.7 Å². The minimum absolute atomic E-state index is 0.227. The highest BCUT2D eigenvalue weighted by Crippen LogP contribution is 2.23. The fourth-order valence-electron chi connectivity index (χ4n) is 1.39. The summed E-state index contributed by atoms with van der Waals surface area (Å²) in [5.41, 5.74) is 0.488. The Bertz CT molecular complexity index is 398. The van der Waals surface area contributed by atoms with E-state index in [9.17, 15) is 9.90 Å². The molecule has 0 radical (unpaired) electrons. The molecule has 2 N–H and O–H groups in total. The van der Waals surface area contributed by atoms with Crippen molar-refractivity contribution in [3.05, 3.63) is 33.3 Å². The van der Waals surface area contributed by atoms with Crippen molar-refractivity contribution in [2.45, 2.75) is 25.9 Å². The first-order valence-corrected chi connectivity index (χ1v) is 6.63. The summed E-state index contributed by atoms with van der Waals surface area (Å²) >= 11 is 9.15. The van der Waals surface area contributed by atoms with E-state index in [1.807, 2.05) is 6.92 Å². The van der Waals surface area contributed by atoms with Crippen LogP contribution in [-0.2, 0) is 0 Å². The second-order valence-corrected chi connectivity index (χ2v) is 5.04. The first kappa shape index (κ1) is 14.5. The van der Waals surface area contributed by atoms with Gasteiger partial charge in [0.15, 0.2) is 0 Å². The van der Waals surface area contributed by atoms with Crippen molar-refractivity contribution in [2.24, 2.45) is 0 Å². The molecule has 0 aliphatic carbocycles. The maximum Gasteiger partial charge on any atom is 0.251 e. The van der Waals surface area contributed by atoms with Crippen molar-refractivity contribution in [1.29, 1.82) is 0 Å². The summed E-state index contributed by atoms with van der Waals surface area (Å²) in [6.07, 6.45) is 1.08. The molecule has 1 aromatic rings. The predicted molar refractivity (Wildman–Crippen MR) is 72.4 cm³/mol. The molecule has 0 spiro atoms. The number of amides is 1. The van der Waals surface area contributed by atoms with Gasteiger partial charge in [-0.25, -0.2) is 0 Å². The highest BCUT2D eigenvalue weighted by Gasteiger charge is 2.09. The third-order valence-electron chi connectivity index (χ3n) is 2.30. The molecule has 1 unspecified atom stereocenters. The molecule has 17 heavy (non-hydrogen) atoms. The highest BCUT2D eigenvalue weighted by molar-refractivity contribution is 9.10. The Morgan fingerprint density at radius 1 is 1.59 bits per heavy atom. The van der Waals surface area contributed by atoms with Crippen LogP contribution in [0.3, 0.4) is 0 Å². The average Bonchev–Trinajstić information content (AvgIpc) is 2.30. The van der Waals surface area contributed by atoms with Crippen molar-refractivity contribution in [3.8, 4) is 0 Å². The van der Waals surface area contributed by atoms with Crippen LogP contribution in [0, 0.1) is 0 Å². The van der Waals surface area contributed by atoms with Crippen molar-refractivity contribution >= 4 is 33.4 Å². The molecule has 0 aliphatic heterocycles. The molecular formula is C12H15BrClNO2. The number of benzene rings is 1. The summed E-state index contributed by atoms with van der Waals surface area (Å²) in [4.78, 5) is 11.7. The summed E-state index contributed by atoms with van der Waals surface area (Å²) in [6.45, 7) is 2.25. The van der Waals surface area contributed by atoms with Gasteiger partial charge in [-0.05, 0) is 40.5 Å². The van der Waals surface area contributed by atoms with Gasteiger partial charge in [-0.15, -0.1) is 0 Å². The van der Waals surface area contributed by atoms with Crippen LogP contribution in [0.4, 0.5) is 0 Å². The Morgan fingerprint density at radius 2 is 2.29 bits per heavy atom. The number of hydrogen-bond acceptors (Lipinski definition) is 2. The molecule has 1 atom stereocenters. The van der Waals surface area contributed by atoms with E-state index < -0.39 is 6.10 Å². The van der Waals surface area contributed by atoms with Crippen LogP contribution >= 0.6 is 27.5 Å². The summed E-state index contributed by atoms with van der Waals surface area (Å²) in [5.74, 6) is -0.227. The second-order valence-electron chi connectivity index (χ2n) is 3.78. The van der Waals surface area contributed by atoms with E-state index in [4.69, 9.17) is 11.6 Å². The van der Waals surface area contributed by atoms with Gasteiger partial charge in [0, 0.05) is 16.6 Å². The topological polar surface area (TPSA) is 49.3 Å². The summed E-state index contributed by atoms with van der Waals surface area (Å²) in [6, 6.07) is 4.99. The fourth-order valence-corrected chi connectivity index (χ4v) is 1.81. The lowest BCUT2D eigenvalue weighted by Crippen LogP contribution is -2.31. The second kappa shape index (κ2) is 6.99. The van der Waals surface area contributed by atoms with E-state index in [0.29, 0.717) is 17.0 Å². The Balaban J connectivity index is 2.55. The molecular weight excluding hydrogens is 305 g/mol. The number of halogens is 2. The van der Waals surface area contributed by atoms with Crippen LogP contribution in [0.25, 0.3) is 0 Å². The first-order chi connectivity index (χ1) is 8.04. The van der Waals surface area contributed by atoms with Gasteiger partial charge in [0.1, 0.15) is 0 Å². The van der Waals surface area contributed by atoms with Crippen molar-refractivity contribution in [3.63, 3.8) is 0 Å². The largest absolute Gasteiger partial charge is 0.391 e. The molecule has 3 nitrogen and oxygen atoms in total. The van der Waals surface area contributed by atoms with E-state index in [1.54, 1.807) is 18.2 Å². The Labute approximate surface area is 114 Å². The van der Waals surface area contributed by atoms with Gasteiger partial charge in [0.2, 0.25) is 0 Å². The summed E-state index contributed by atoms with van der Waals surface area (Å²) in [5, 5.41) is 12.7. The number of nitrogens with one attached hydrogen (secondary N) is 1. The Hall–Kier alpha value is -0.580. The zero-order valence-electron chi connectivity index (χ0n) is 9.54. The highest BCUT2D eigenvalue weighted by atomic mass is 79.9. The van der Waals surface area contributed by atoms with Crippen LogP contribution in [0.5, 0.6) is 0 Å².